The number of carbonyl (C=O) groups excluding carboxylic acids is 1. The fourth-order valence-corrected chi connectivity index (χ4v) is 6.00. The van der Waals surface area contributed by atoms with Gasteiger partial charge in [0.15, 0.2) is 0 Å². The molecule has 0 aromatic heterocycles. The van der Waals surface area contributed by atoms with Gasteiger partial charge in [-0.1, -0.05) is 29.8 Å². The van der Waals surface area contributed by atoms with Crippen LogP contribution in [0, 0.1) is 11.8 Å². The Hall–Kier alpha value is -1.61. The summed E-state index contributed by atoms with van der Waals surface area (Å²) in [6.45, 7) is 4.33. The maximum Gasteiger partial charge on any atom is 0.124 e. The van der Waals surface area contributed by atoms with Crippen LogP contribution in [0.15, 0.2) is 35.9 Å². The number of benzene rings is 1. The second-order valence-corrected chi connectivity index (χ2v) is 7.36. The number of rotatable bonds is 1. The highest BCUT2D eigenvalue weighted by molar-refractivity contribution is 5.71. The second-order valence-electron chi connectivity index (χ2n) is 7.36. The lowest BCUT2D eigenvalue weighted by molar-refractivity contribution is -0.116. The number of aldehydes is 1. The van der Waals surface area contributed by atoms with Crippen molar-refractivity contribution in [2.45, 2.75) is 37.3 Å². The highest BCUT2D eigenvalue weighted by Gasteiger charge is 2.64. The van der Waals surface area contributed by atoms with Crippen molar-refractivity contribution in [3.05, 3.63) is 41.5 Å². The van der Waals surface area contributed by atoms with Crippen LogP contribution >= 0.6 is 0 Å². The first-order valence-corrected chi connectivity index (χ1v) is 8.50. The summed E-state index contributed by atoms with van der Waals surface area (Å²) < 4.78 is 0. The van der Waals surface area contributed by atoms with E-state index in [1.807, 2.05) is 0 Å². The van der Waals surface area contributed by atoms with E-state index in [1.54, 1.807) is 0 Å². The second kappa shape index (κ2) is 4.23. The van der Waals surface area contributed by atoms with Crippen molar-refractivity contribution in [1.29, 1.82) is 0 Å². The van der Waals surface area contributed by atoms with Crippen LogP contribution in [0.4, 0.5) is 5.69 Å². The molecule has 3 heteroatoms. The van der Waals surface area contributed by atoms with Crippen molar-refractivity contribution >= 4 is 12.0 Å². The van der Waals surface area contributed by atoms with Gasteiger partial charge in [-0.15, -0.1) is 0 Å². The summed E-state index contributed by atoms with van der Waals surface area (Å²) in [6, 6.07) is 9.63. The van der Waals surface area contributed by atoms with Crippen LogP contribution in [-0.2, 0) is 10.2 Å². The van der Waals surface area contributed by atoms with E-state index in [9.17, 15) is 4.79 Å². The quantitative estimate of drug-likeness (QED) is 0.638. The maximum atomic E-state index is 12.2. The molecule has 0 radical (unpaired) electrons. The first kappa shape index (κ1) is 12.9. The summed E-state index contributed by atoms with van der Waals surface area (Å²) in [6.07, 6.45) is 5.82. The summed E-state index contributed by atoms with van der Waals surface area (Å²) in [5, 5.41) is 3.76. The lowest BCUT2D eigenvalue weighted by Crippen LogP contribution is -2.55. The highest BCUT2D eigenvalue weighted by atomic mass is 16.1. The topological polar surface area (TPSA) is 32.3 Å². The van der Waals surface area contributed by atoms with Gasteiger partial charge in [-0.05, 0) is 37.9 Å². The molecule has 1 spiro atoms. The number of carbonyl (C=O) groups is 1. The highest BCUT2D eigenvalue weighted by Crippen LogP contribution is 2.60. The number of nitrogens with zero attached hydrogens (tertiary/aromatic N) is 1. The van der Waals surface area contributed by atoms with Crippen LogP contribution < -0.4 is 5.32 Å². The monoisotopic (exact) mass is 294 g/mol. The summed E-state index contributed by atoms with van der Waals surface area (Å²) >= 11 is 0. The molecule has 3 nitrogen and oxygen atoms in total. The zero-order chi connectivity index (χ0) is 14.9. The number of para-hydroxylation sites is 1. The molecule has 1 unspecified atom stereocenters. The van der Waals surface area contributed by atoms with Crippen molar-refractivity contribution < 1.29 is 4.79 Å². The van der Waals surface area contributed by atoms with Gasteiger partial charge in [-0.2, -0.15) is 0 Å². The van der Waals surface area contributed by atoms with Gasteiger partial charge in [-0.25, -0.2) is 0 Å². The molecule has 1 saturated carbocycles. The maximum absolute atomic E-state index is 12.2. The van der Waals surface area contributed by atoms with Crippen LogP contribution in [0.2, 0.25) is 0 Å². The predicted octanol–water partition coefficient (Wildman–Crippen LogP) is 2.59. The van der Waals surface area contributed by atoms with Crippen LogP contribution in [0.1, 0.15) is 25.3 Å². The molecule has 4 bridgehead atoms. The standard InChI is InChI=1S/C19H22N2O/c1-2-12-10-21-8-7-19-13-5-3-4-6-15(13)20-17(19)9-16(21)18(12)14(19)11-22/h2-6,11,14,16-18,20H,7-10H2,1H3/b12-2-/t14-,16-,17-,18+,19+/m1/s1. The van der Waals surface area contributed by atoms with Crippen molar-refractivity contribution in [2.75, 3.05) is 18.4 Å². The van der Waals surface area contributed by atoms with E-state index in [4.69, 9.17) is 0 Å². The van der Waals surface area contributed by atoms with Crippen LogP contribution in [0.25, 0.3) is 0 Å². The van der Waals surface area contributed by atoms with Gasteiger partial charge in [0.1, 0.15) is 6.29 Å². The fourth-order valence-electron chi connectivity index (χ4n) is 6.00. The van der Waals surface area contributed by atoms with E-state index in [2.05, 4.69) is 47.5 Å². The Morgan fingerprint density at radius 1 is 1.36 bits per heavy atom. The Morgan fingerprint density at radius 3 is 3.05 bits per heavy atom. The van der Waals surface area contributed by atoms with Gasteiger partial charge < -0.3 is 10.1 Å². The SMILES string of the molecule is C/C=C1/CN2CC[C@@]34c5ccccc5N[C@@H]3C[C@@H]2[C@@H]1[C@H]4C=O. The van der Waals surface area contributed by atoms with Gasteiger partial charge in [0.05, 0.1) is 0 Å². The minimum absolute atomic E-state index is 0.00292. The molecule has 4 fully saturated rings. The number of nitrogens with one attached hydrogen (secondary N) is 1. The van der Waals surface area contributed by atoms with E-state index >= 15 is 0 Å². The zero-order valence-electron chi connectivity index (χ0n) is 13.0. The zero-order valence-corrected chi connectivity index (χ0v) is 13.0. The van der Waals surface area contributed by atoms with Gasteiger partial charge >= 0.3 is 0 Å². The Balaban J connectivity index is 1.75. The molecule has 6 rings (SSSR count). The lowest BCUT2D eigenvalue weighted by Gasteiger charge is -2.47. The molecule has 4 heterocycles. The average molecular weight is 294 g/mol. The molecular formula is C19H22N2O. The van der Waals surface area contributed by atoms with Gasteiger partial charge in [-0.3, -0.25) is 4.90 Å². The van der Waals surface area contributed by atoms with E-state index in [1.165, 1.54) is 29.5 Å². The molecule has 22 heavy (non-hydrogen) atoms. The third-order valence-corrected chi connectivity index (χ3v) is 6.87. The number of hydrogen-bond donors (Lipinski definition) is 1. The van der Waals surface area contributed by atoms with Crippen molar-refractivity contribution in [2.24, 2.45) is 11.8 Å². The molecular weight excluding hydrogens is 272 g/mol. The minimum Gasteiger partial charge on any atom is -0.381 e. The Kier molecular flexibility index (Phi) is 2.48. The Labute approximate surface area is 131 Å². The summed E-state index contributed by atoms with van der Waals surface area (Å²) in [7, 11) is 0. The van der Waals surface area contributed by atoms with Crippen molar-refractivity contribution in [3.8, 4) is 0 Å². The molecule has 0 amide bonds. The van der Waals surface area contributed by atoms with Crippen LogP contribution in [0.3, 0.4) is 0 Å². The van der Waals surface area contributed by atoms with Crippen molar-refractivity contribution in [3.63, 3.8) is 0 Å². The van der Waals surface area contributed by atoms with Crippen molar-refractivity contribution in [1.82, 2.24) is 4.90 Å². The van der Waals surface area contributed by atoms with Crippen LogP contribution in [0.5, 0.6) is 0 Å². The van der Waals surface area contributed by atoms with Gasteiger partial charge in [0.2, 0.25) is 0 Å². The van der Waals surface area contributed by atoms with E-state index in [-0.39, 0.29) is 11.3 Å². The third-order valence-electron chi connectivity index (χ3n) is 6.87. The number of anilines is 1. The van der Waals surface area contributed by atoms with E-state index < -0.39 is 0 Å². The van der Waals surface area contributed by atoms with Gasteiger partial charge in [0.25, 0.3) is 0 Å². The first-order valence-electron chi connectivity index (χ1n) is 8.50. The average Bonchev–Trinajstić information content (AvgIpc) is 2.96. The van der Waals surface area contributed by atoms with Gasteiger partial charge in [0, 0.05) is 41.6 Å². The molecule has 1 N–H and O–H groups in total. The number of fused-ring (bicyclic) bond motifs is 2. The minimum atomic E-state index is 0.00292. The smallest absolute Gasteiger partial charge is 0.124 e. The summed E-state index contributed by atoms with van der Waals surface area (Å²) in [4.78, 5) is 14.9. The number of hydrogen-bond acceptors (Lipinski definition) is 3. The predicted molar refractivity (Wildman–Crippen MR) is 86.9 cm³/mol. The molecule has 4 aliphatic heterocycles. The van der Waals surface area contributed by atoms with Crippen LogP contribution in [-0.4, -0.2) is 36.4 Å². The van der Waals surface area contributed by atoms with E-state index in [0.29, 0.717) is 18.0 Å². The molecule has 6 atom stereocenters. The lowest BCUT2D eigenvalue weighted by atomic mass is 9.55. The molecule has 5 aliphatic rings. The third kappa shape index (κ3) is 1.30. The summed E-state index contributed by atoms with van der Waals surface area (Å²) in [5.41, 5.74) is 4.14. The Morgan fingerprint density at radius 2 is 2.23 bits per heavy atom. The first-order chi connectivity index (χ1) is 10.8. The summed E-state index contributed by atoms with van der Waals surface area (Å²) in [5.74, 6) is 0.542. The molecule has 3 saturated heterocycles. The molecule has 1 aliphatic carbocycles. The molecule has 1 aromatic rings. The number of allylic oxidation sites excluding steroid dienone is 1. The largest absolute Gasteiger partial charge is 0.381 e. The molecule has 114 valence electrons. The van der Waals surface area contributed by atoms with E-state index in [0.717, 1.165) is 19.5 Å². The normalized spacial score (nSPS) is 46.0. The fraction of sp³-hybridized carbons (Fsp3) is 0.526. The molecule has 1 aromatic carbocycles. The Bertz CT molecular complexity index is 682.